The summed E-state index contributed by atoms with van der Waals surface area (Å²) in [6.07, 6.45) is -4.54. The third-order valence-corrected chi connectivity index (χ3v) is 8.41. The van der Waals surface area contributed by atoms with Crippen molar-refractivity contribution in [2.24, 2.45) is 0 Å². The maximum Gasteiger partial charge on any atom is 0.417 e. The monoisotopic (exact) mass is 508 g/mol. The Hall–Kier alpha value is -3.66. The molecule has 0 unspecified atom stereocenters. The quantitative estimate of drug-likeness (QED) is 0.468. The maximum atomic E-state index is 13.5. The number of alkyl halides is 3. The number of nitro groups is 1. The summed E-state index contributed by atoms with van der Waals surface area (Å²) in [5, 5.41) is 22.0. The number of nitrogens with zero attached hydrogens (tertiary/aromatic N) is 3. The van der Waals surface area contributed by atoms with Crippen LogP contribution in [-0.2, 0) is 20.8 Å². The zero-order chi connectivity index (χ0) is 25.6. The van der Waals surface area contributed by atoms with Crippen molar-refractivity contribution in [3.05, 3.63) is 64.2 Å². The molecule has 2 aromatic rings. The Kier molecular flexibility index (Phi) is 5.96. The average Bonchev–Trinajstić information content (AvgIpc) is 3.43. The van der Waals surface area contributed by atoms with Gasteiger partial charge in [0.25, 0.3) is 5.69 Å². The Morgan fingerprint density at radius 3 is 2.40 bits per heavy atom. The third-order valence-electron chi connectivity index (χ3n) is 6.22. The number of sulfone groups is 1. The van der Waals surface area contributed by atoms with E-state index in [2.05, 4.69) is 5.32 Å². The Bertz CT molecular complexity index is 1340. The van der Waals surface area contributed by atoms with E-state index in [-0.39, 0.29) is 11.4 Å². The molecule has 1 saturated carbocycles. The van der Waals surface area contributed by atoms with Crippen molar-refractivity contribution in [3.8, 4) is 6.07 Å². The van der Waals surface area contributed by atoms with E-state index >= 15 is 0 Å². The Morgan fingerprint density at radius 2 is 1.80 bits per heavy atom. The van der Waals surface area contributed by atoms with Crippen molar-refractivity contribution in [2.75, 3.05) is 11.4 Å². The van der Waals surface area contributed by atoms with Crippen LogP contribution in [0.15, 0.2) is 53.4 Å². The molecule has 2 atom stereocenters. The number of hydrogen-bond acceptors (Lipinski definition) is 7. The molecule has 1 heterocycles. The summed E-state index contributed by atoms with van der Waals surface area (Å²) in [7, 11) is -4.60. The molecule has 1 aliphatic heterocycles. The fraction of sp³-hybridized carbons (Fsp3) is 0.364. The molecule has 1 amide bonds. The minimum absolute atomic E-state index is 0.0405. The lowest BCUT2D eigenvalue weighted by Crippen LogP contribution is -2.47. The van der Waals surface area contributed by atoms with Gasteiger partial charge in [-0.05, 0) is 37.5 Å². The van der Waals surface area contributed by atoms with E-state index in [4.69, 9.17) is 0 Å². The number of benzene rings is 2. The number of carbonyl (C=O) groups is 1. The van der Waals surface area contributed by atoms with Crippen LogP contribution in [-0.4, -0.2) is 42.6 Å². The van der Waals surface area contributed by atoms with Gasteiger partial charge in [0.15, 0.2) is 9.84 Å². The van der Waals surface area contributed by atoms with Crippen LogP contribution in [0.3, 0.4) is 0 Å². The molecular weight excluding hydrogens is 489 g/mol. The van der Waals surface area contributed by atoms with Gasteiger partial charge in [-0.25, -0.2) is 8.42 Å². The lowest BCUT2D eigenvalue weighted by Gasteiger charge is -2.26. The standard InChI is InChI=1S/C22H19F3N4O5S/c23-22(24,25)15-5-1-4-8-19(15)35(33,34)14-11-18(20(30)27-21(13-26)9-10-21)28(12-14)16-6-2-3-7-17(16)29(31)32/h1-8,14,18H,9-12H2,(H,27,30)/t14-,18+/m1/s1. The number of para-hydroxylation sites is 2. The largest absolute Gasteiger partial charge is 0.417 e. The second-order valence-corrected chi connectivity index (χ2v) is 10.7. The number of anilines is 1. The van der Waals surface area contributed by atoms with Gasteiger partial charge in [-0.2, -0.15) is 18.4 Å². The van der Waals surface area contributed by atoms with Crippen molar-refractivity contribution >= 4 is 27.1 Å². The maximum absolute atomic E-state index is 13.5. The number of hydrogen-bond donors (Lipinski definition) is 1. The van der Waals surface area contributed by atoms with Gasteiger partial charge in [-0.3, -0.25) is 14.9 Å². The number of nitrogens with one attached hydrogen (secondary N) is 1. The highest BCUT2D eigenvalue weighted by Crippen LogP contribution is 2.41. The highest BCUT2D eigenvalue weighted by atomic mass is 32.2. The molecule has 2 aliphatic rings. The van der Waals surface area contributed by atoms with Crippen LogP contribution in [0.25, 0.3) is 0 Å². The summed E-state index contributed by atoms with van der Waals surface area (Å²) in [6, 6.07) is 9.88. The molecule has 4 rings (SSSR count). The lowest BCUT2D eigenvalue weighted by atomic mass is 10.1. The number of nitro benzene ring substituents is 1. The van der Waals surface area contributed by atoms with E-state index < -0.39 is 67.1 Å². The van der Waals surface area contributed by atoms with E-state index in [0.29, 0.717) is 18.9 Å². The normalized spacial score (nSPS) is 21.3. The zero-order valence-corrected chi connectivity index (χ0v) is 18.8. The summed E-state index contributed by atoms with van der Waals surface area (Å²) < 4.78 is 67.4. The predicted molar refractivity (Wildman–Crippen MR) is 117 cm³/mol. The minimum Gasteiger partial charge on any atom is -0.353 e. The first kappa shape index (κ1) is 24.5. The van der Waals surface area contributed by atoms with Crippen LogP contribution in [0, 0.1) is 21.4 Å². The molecule has 2 aromatic carbocycles. The van der Waals surface area contributed by atoms with Crippen LogP contribution in [0.2, 0.25) is 0 Å². The first-order valence-electron chi connectivity index (χ1n) is 10.5. The van der Waals surface area contributed by atoms with Gasteiger partial charge in [-0.15, -0.1) is 0 Å². The van der Waals surface area contributed by atoms with Crippen molar-refractivity contribution in [1.82, 2.24) is 5.32 Å². The highest BCUT2D eigenvalue weighted by molar-refractivity contribution is 7.92. The first-order chi connectivity index (χ1) is 16.4. The molecule has 2 fully saturated rings. The van der Waals surface area contributed by atoms with Crippen LogP contribution >= 0.6 is 0 Å². The van der Waals surface area contributed by atoms with E-state index in [1.165, 1.54) is 35.2 Å². The molecule has 13 heteroatoms. The molecule has 0 bridgehead atoms. The number of carbonyl (C=O) groups excluding carboxylic acids is 1. The fourth-order valence-electron chi connectivity index (χ4n) is 4.24. The topological polar surface area (TPSA) is 133 Å². The summed E-state index contributed by atoms with van der Waals surface area (Å²) in [6.45, 7) is -0.447. The molecule has 35 heavy (non-hydrogen) atoms. The first-order valence-corrected chi connectivity index (χ1v) is 12.1. The van der Waals surface area contributed by atoms with Crippen molar-refractivity contribution in [1.29, 1.82) is 5.26 Å². The van der Waals surface area contributed by atoms with Crippen molar-refractivity contribution in [2.45, 2.75) is 47.2 Å². The Labute approximate surface area is 198 Å². The summed E-state index contributed by atoms with van der Waals surface area (Å²) in [4.78, 5) is 24.3. The molecule has 0 spiro atoms. The van der Waals surface area contributed by atoms with Crippen LogP contribution in [0.1, 0.15) is 24.8 Å². The van der Waals surface area contributed by atoms with E-state index in [1.54, 1.807) is 0 Å². The van der Waals surface area contributed by atoms with Gasteiger partial charge >= 0.3 is 6.18 Å². The van der Waals surface area contributed by atoms with E-state index in [0.717, 1.165) is 12.1 Å². The van der Waals surface area contributed by atoms with Gasteiger partial charge in [0.1, 0.15) is 17.3 Å². The number of halogens is 3. The van der Waals surface area contributed by atoms with E-state index in [1.807, 2.05) is 6.07 Å². The number of amides is 1. The summed E-state index contributed by atoms with van der Waals surface area (Å²) >= 11 is 0. The van der Waals surface area contributed by atoms with Crippen molar-refractivity contribution < 1.29 is 31.3 Å². The van der Waals surface area contributed by atoms with Gasteiger partial charge in [0.05, 0.1) is 26.7 Å². The molecule has 0 aromatic heterocycles. The second-order valence-electron chi connectivity index (χ2n) is 8.49. The Balaban J connectivity index is 1.76. The zero-order valence-electron chi connectivity index (χ0n) is 18.0. The highest BCUT2D eigenvalue weighted by Gasteiger charge is 2.51. The van der Waals surface area contributed by atoms with Crippen LogP contribution in [0.4, 0.5) is 24.5 Å². The molecule has 9 nitrogen and oxygen atoms in total. The van der Waals surface area contributed by atoms with E-state index in [9.17, 15) is 41.8 Å². The summed E-state index contributed by atoms with van der Waals surface area (Å²) in [5.74, 6) is -0.719. The average molecular weight is 508 g/mol. The SMILES string of the molecule is N#CC1(NC(=O)[C@@H]2C[C@@H](S(=O)(=O)c3ccccc3C(F)(F)F)CN2c2ccccc2[N+](=O)[O-])CC1. The molecule has 1 saturated heterocycles. The Morgan fingerprint density at radius 1 is 1.17 bits per heavy atom. The molecule has 0 radical (unpaired) electrons. The van der Waals surface area contributed by atoms with Gasteiger partial charge in [-0.1, -0.05) is 24.3 Å². The molecule has 1 aliphatic carbocycles. The van der Waals surface area contributed by atoms with Crippen LogP contribution in [0.5, 0.6) is 0 Å². The lowest BCUT2D eigenvalue weighted by molar-refractivity contribution is -0.384. The summed E-state index contributed by atoms with van der Waals surface area (Å²) in [5.41, 5.74) is -2.85. The van der Waals surface area contributed by atoms with Gasteiger partial charge in [0.2, 0.25) is 5.91 Å². The number of rotatable bonds is 6. The fourth-order valence-corrected chi connectivity index (χ4v) is 6.15. The minimum atomic E-state index is -4.93. The third kappa shape index (κ3) is 4.53. The number of nitriles is 1. The molecule has 1 N–H and O–H groups in total. The van der Waals surface area contributed by atoms with Gasteiger partial charge < -0.3 is 10.2 Å². The smallest absolute Gasteiger partial charge is 0.353 e. The molecular formula is C22H19F3N4O5S. The van der Waals surface area contributed by atoms with Crippen molar-refractivity contribution in [3.63, 3.8) is 0 Å². The second kappa shape index (κ2) is 8.53. The predicted octanol–water partition coefficient (Wildman–Crippen LogP) is 3.21. The van der Waals surface area contributed by atoms with Crippen LogP contribution < -0.4 is 10.2 Å². The van der Waals surface area contributed by atoms with Gasteiger partial charge in [0, 0.05) is 12.6 Å². The molecule has 184 valence electrons.